The van der Waals surface area contributed by atoms with Crippen molar-refractivity contribution in [2.75, 3.05) is 20.2 Å². The monoisotopic (exact) mass is 202 g/mol. The van der Waals surface area contributed by atoms with Gasteiger partial charge in [0.15, 0.2) is 0 Å². The molecule has 0 aliphatic rings. The Balaban J connectivity index is 4.44. The fraction of sp³-hybridized carbons (Fsp3) is 0.900. The van der Waals surface area contributed by atoms with Crippen molar-refractivity contribution in [1.82, 2.24) is 10.2 Å². The van der Waals surface area contributed by atoms with Crippen LogP contribution in [0.3, 0.4) is 0 Å². The van der Waals surface area contributed by atoms with Gasteiger partial charge in [-0.05, 0) is 27.3 Å². The molecule has 1 unspecified atom stereocenters. The first-order valence-electron chi connectivity index (χ1n) is 5.00. The van der Waals surface area contributed by atoms with Gasteiger partial charge in [-0.1, -0.05) is 6.92 Å². The molecule has 0 aliphatic heterocycles. The highest BCUT2D eigenvalue weighted by Crippen LogP contribution is 2.08. The van der Waals surface area contributed by atoms with E-state index < -0.39 is 5.54 Å². The molecule has 0 rings (SSSR count). The zero-order chi connectivity index (χ0) is 11.4. The molecule has 0 bridgehead atoms. The summed E-state index contributed by atoms with van der Waals surface area (Å²) in [6.45, 7) is 8.22. The van der Waals surface area contributed by atoms with Gasteiger partial charge in [0.25, 0.3) is 0 Å². The van der Waals surface area contributed by atoms with Gasteiger partial charge >= 0.3 is 0 Å². The van der Waals surface area contributed by atoms with Crippen LogP contribution in [0.4, 0.5) is 0 Å². The largest absolute Gasteiger partial charge is 0.394 e. The number of likely N-dealkylation sites (N-methyl/N-ethyl adjacent to an activating group) is 2. The SMILES string of the molecule is CCNC(C)(C)C(=O)N(C)C(C)CO. The van der Waals surface area contributed by atoms with Crippen LogP contribution in [0.15, 0.2) is 0 Å². The summed E-state index contributed by atoms with van der Waals surface area (Å²) in [5, 5.41) is 12.0. The average Bonchev–Trinajstić information content (AvgIpc) is 2.14. The maximum atomic E-state index is 11.9. The lowest BCUT2D eigenvalue weighted by atomic mass is 10.0. The van der Waals surface area contributed by atoms with Crippen LogP contribution in [0.25, 0.3) is 0 Å². The van der Waals surface area contributed by atoms with Crippen molar-refractivity contribution in [3.05, 3.63) is 0 Å². The number of aliphatic hydroxyl groups is 1. The Morgan fingerprint density at radius 3 is 2.43 bits per heavy atom. The molecule has 0 fully saturated rings. The first kappa shape index (κ1) is 13.4. The number of rotatable bonds is 5. The van der Waals surface area contributed by atoms with Crippen LogP contribution in [0, 0.1) is 0 Å². The molecule has 0 aromatic heterocycles. The molecule has 0 heterocycles. The Bertz CT molecular complexity index is 193. The smallest absolute Gasteiger partial charge is 0.242 e. The van der Waals surface area contributed by atoms with Crippen molar-refractivity contribution in [1.29, 1.82) is 0 Å². The van der Waals surface area contributed by atoms with Gasteiger partial charge in [-0.15, -0.1) is 0 Å². The fourth-order valence-corrected chi connectivity index (χ4v) is 1.28. The van der Waals surface area contributed by atoms with Crippen LogP contribution in [0.2, 0.25) is 0 Å². The average molecular weight is 202 g/mol. The van der Waals surface area contributed by atoms with E-state index in [1.54, 1.807) is 11.9 Å². The maximum absolute atomic E-state index is 11.9. The van der Waals surface area contributed by atoms with Crippen molar-refractivity contribution in [2.45, 2.75) is 39.3 Å². The molecule has 2 N–H and O–H groups in total. The molecule has 0 saturated carbocycles. The second kappa shape index (κ2) is 5.32. The Hall–Kier alpha value is -0.610. The van der Waals surface area contributed by atoms with E-state index in [1.165, 1.54) is 0 Å². The van der Waals surface area contributed by atoms with Crippen LogP contribution in [-0.4, -0.2) is 47.7 Å². The van der Waals surface area contributed by atoms with Gasteiger partial charge < -0.3 is 15.3 Å². The van der Waals surface area contributed by atoms with Crippen LogP contribution in [-0.2, 0) is 4.79 Å². The number of hydrogen-bond donors (Lipinski definition) is 2. The lowest BCUT2D eigenvalue weighted by Gasteiger charge is -2.32. The molecule has 0 saturated heterocycles. The Labute approximate surface area is 86.3 Å². The van der Waals surface area contributed by atoms with Gasteiger partial charge in [-0.25, -0.2) is 0 Å². The molecule has 4 nitrogen and oxygen atoms in total. The number of amides is 1. The summed E-state index contributed by atoms with van der Waals surface area (Å²) in [5.41, 5.74) is -0.563. The summed E-state index contributed by atoms with van der Waals surface area (Å²) in [4.78, 5) is 13.5. The van der Waals surface area contributed by atoms with Crippen molar-refractivity contribution in [3.63, 3.8) is 0 Å². The molecular formula is C10H22N2O2. The lowest BCUT2D eigenvalue weighted by molar-refractivity contribution is -0.138. The van der Waals surface area contributed by atoms with E-state index in [9.17, 15) is 4.79 Å². The van der Waals surface area contributed by atoms with Gasteiger partial charge in [0.1, 0.15) is 0 Å². The van der Waals surface area contributed by atoms with E-state index in [-0.39, 0.29) is 18.6 Å². The van der Waals surface area contributed by atoms with E-state index in [1.807, 2.05) is 27.7 Å². The minimum atomic E-state index is -0.563. The van der Waals surface area contributed by atoms with E-state index in [0.29, 0.717) is 0 Å². The molecule has 0 aliphatic carbocycles. The zero-order valence-corrected chi connectivity index (χ0v) is 9.79. The summed E-state index contributed by atoms with van der Waals surface area (Å²) in [6, 6.07) is -0.138. The third-order valence-corrected chi connectivity index (χ3v) is 2.40. The van der Waals surface area contributed by atoms with Gasteiger partial charge in [0, 0.05) is 7.05 Å². The van der Waals surface area contributed by atoms with Gasteiger partial charge in [-0.3, -0.25) is 4.79 Å². The number of carbonyl (C=O) groups is 1. The summed E-state index contributed by atoms with van der Waals surface area (Å²) < 4.78 is 0. The minimum absolute atomic E-state index is 0.000833. The first-order chi connectivity index (χ1) is 6.36. The standard InChI is InChI=1S/C10H22N2O2/c1-6-11-10(3,4)9(14)12(5)8(2)7-13/h8,11,13H,6-7H2,1-5H3. The quantitative estimate of drug-likeness (QED) is 0.670. The topological polar surface area (TPSA) is 52.6 Å². The summed E-state index contributed by atoms with van der Waals surface area (Å²) in [5.74, 6) is 0.000833. The molecule has 0 aromatic rings. The molecule has 1 amide bonds. The summed E-state index contributed by atoms with van der Waals surface area (Å²) in [7, 11) is 1.71. The zero-order valence-electron chi connectivity index (χ0n) is 9.79. The third-order valence-electron chi connectivity index (χ3n) is 2.40. The fourth-order valence-electron chi connectivity index (χ4n) is 1.28. The van der Waals surface area contributed by atoms with Gasteiger partial charge in [0.2, 0.25) is 5.91 Å². The number of aliphatic hydroxyl groups excluding tert-OH is 1. The van der Waals surface area contributed by atoms with Crippen LogP contribution < -0.4 is 5.32 Å². The Morgan fingerprint density at radius 2 is 2.07 bits per heavy atom. The molecule has 4 heteroatoms. The van der Waals surface area contributed by atoms with Crippen LogP contribution in [0.1, 0.15) is 27.7 Å². The van der Waals surface area contributed by atoms with E-state index in [2.05, 4.69) is 5.32 Å². The second-order valence-corrected chi connectivity index (χ2v) is 4.10. The molecule has 1 atom stereocenters. The van der Waals surface area contributed by atoms with E-state index in [4.69, 9.17) is 5.11 Å². The highest BCUT2D eigenvalue weighted by atomic mass is 16.3. The molecule has 0 radical (unpaired) electrons. The highest BCUT2D eigenvalue weighted by Gasteiger charge is 2.30. The van der Waals surface area contributed by atoms with Crippen LogP contribution in [0.5, 0.6) is 0 Å². The van der Waals surface area contributed by atoms with Crippen molar-refractivity contribution in [3.8, 4) is 0 Å². The molecule has 84 valence electrons. The lowest BCUT2D eigenvalue weighted by Crippen LogP contribution is -2.55. The predicted octanol–water partition coefficient (Wildman–Crippen LogP) is 0.214. The van der Waals surface area contributed by atoms with E-state index in [0.717, 1.165) is 6.54 Å². The minimum Gasteiger partial charge on any atom is -0.394 e. The normalized spacial score (nSPS) is 13.9. The summed E-state index contributed by atoms with van der Waals surface area (Å²) in [6.07, 6.45) is 0. The maximum Gasteiger partial charge on any atom is 0.242 e. The number of nitrogens with one attached hydrogen (secondary N) is 1. The summed E-state index contributed by atoms with van der Waals surface area (Å²) >= 11 is 0. The van der Waals surface area contributed by atoms with Gasteiger partial charge in [0.05, 0.1) is 18.2 Å². The number of hydrogen-bond acceptors (Lipinski definition) is 3. The highest BCUT2D eigenvalue weighted by molar-refractivity contribution is 5.85. The second-order valence-electron chi connectivity index (χ2n) is 4.10. The molecule has 0 spiro atoms. The van der Waals surface area contributed by atoms with Crippen molar-refractivity contribution < 1.29 is 9.90 Å². The number of nitrogens with zero attached hydrogens (tertiary/aromatic N) is 1. The van der Waals surface area contributed by atoms with Crippen molar-refractivity contribution in [2.24, 2.45) is 0 Å². The first-order valence-corrected chi connectivity index (χ1v) is 5.00. The van der Waals surface area contributed by atoms with E-state index >= 15 is 0 Å². The third kappa shape index (κ3) is 3.27. The Kier molecular flexibility index (Phi) is 5.08. The van der Waals surface area contributed by atoms with Crippen molar-refractivity contribution >= 4 is 5.91 Å². The molecular weight excluding hydrogens is 180 g/mol. The van der Waals surface area contributed by atoms with Gasteiger partial charge in [-0.2, -0.15) is 0 Å². The van der Waals surface area contributed by atoms with Crippen LogP contribution >= 0.6 is 0 Å². The predicted molar refractivity (Wildman–Crippen MR) is 57.1 cm³/mol. The number of carbonyl (C=O) groups excluding carboxylic acids is 1. The Morgan fingerprint density at radius 1 is 1.57 bits per heavy atom. The molecule has 14 heavy (non-hydrogen) atoms. The molecule has 0 aromatic carbocycles.